The maximum absolute atomic E-state index is 12.3. The lowest BCUT2D eigenvalue weighted by molar-refractivity contribution is -0.278. The molecule has 1 saturated heterocycles. The number of hydrogen-bond acceptors (Lipinski definition) is 14. The van der Waals surface area contributed by atoms with Crippen LogP contribution in [0.25, 0.3) is 6.08 Å². The van der Waals surface area contributed by atoms with Crippen LogP contribution in [0.1, 0.15) is 17.5 Å². The minimum Gasteiger partial charge on any atom is -0.508 e. The third-order valence-electron chi connectivity index (χ3n) is 8.08. The number of phenols is 2. The predicted molar refractivity (Wildman–Crippen MR) is 169 cm³/mol. The number of rotatable bonds is 11. The first-order chi connectivity index (χ1) is 23.7. The Bertz CT molecular complexity index is 1780. The van der Waals surface area contributed by atoms with E-state index in [1.54, 1.807) is 12.1 Å². The molecule has 3 aliphatic rings. The zero-order valence-corrected chi connectivity index (χ0v) is 25.8. The van der Waals surface area contributed by atoms with Crippen LogP contribution in [0.4, 0.5) is 5.69 Å². The van der Waals surface area contributed by atoms with Crippen LogP contribution in [0.15, 0.2) is 71.4 Å². The molecule has 0 aromatic heterocycles. The molecule has 2 aromatic carbocycles. The molecule has 0 radical (unpaired) electrons. The predicted octanol–water partition coefficient (Wildman–Crippen LogP) is 0.179. The van der Waals surface area contributed by atoms with Crippen molar-refractivity contribution in [1.29, 1.82) is 0 Å². The maximum atomic E-state index is 12.3. The highest BCUT2D eigenvalue weighted by Gasteiger charge is 2.46. The Morgan fingerprint density at radius 2 is 1.64 bits per heavy atom. The molecule has 3 aliphatic heterocycles. The van der Waals surface area contributed by atoms with Crippen LogP contribution in [0.3, 0.4) is 0 Å². The topological polar surface area (TPSA) is 273 Å². The van der Waals surface area contributed by atoms with Crippen LogP contribution >= 0.6 is 0 Å². The molecule has 50 heavy (non-hydrogen) atoms. The minimum atomic E-state index is -1.85. The smallest absolute Gasteiger partial charge is 0.354 e. The van der Waals surface area contributed by atoms with Crippen molar-refractivity contribution in [2.45, 2.75) is 55.6 Å². The third-order valence-corrected chi connectivity index (χ3v) is 8.08. The normalized spacial score (nSPS) is 26.3. The number of dihydropyridines is 1. The van der Waals surface area contributed by atoms with Crippen molar-refractivity contribution in [3.8, 4) is 17.2 Å². The lowest BCUT2D eigenvalue weighted by Crippen LogP contribution is -2.60. The lowest BCUT2D eigenvalue weighted by atomic mass is 9.99. The highest BCUT2D eigenvalue weighted by atomic mass is 16.7. The molecule has 0 bridgehead atoms. The summed E-state index contributed by atoms with van der Waals surface area (Å²) in [6, 6.07) is 5.85. The zero-order valence-electron chi connectivity index (χ0n) is 25.8. The summed E-state index contributed by atoms with van der Waals surface area (Å²) in [4.78, 5) is 52.4. The molecular weight excluding hydrogens is 664 g/mol. The van der Waals surface area contributed by atoms with Gasteiger partial charge in [0.25, 0.3) is 0 Å². The van der Waals surface area contributed by atoms with Crippen molar-refractivity contribution in [3.63, 3.8) is 0 Å². The number of ether oxygens (including phenoxy) is 3. The largest absolute Gasteiger partial charge is 0.508 e. The van der Waals surface area contributed by atoms with E-state index in [0.29, 0.717) is 11.1 Å². The van der Waals surface area contributed by atoms with Crippen molar-refractivity contribution >= 4 is 41.4 Å². The van der Waals surface area contributed by atoms with Crippen molar-refractivity contribution < 1.29 is 74.2 Å². The summed E-state index contributed by atoms with van der Waals surface area (Å²) in [5.41, 5.74) is 0.922. The van der Waals surface area contributed by atoms with Crippen LogP contribution < -0.4 is 9.64 Å². The second-order valence-electron chi connectivity index (χ2n) is 11.5. The van der Waals surface area contributed by atoms with Gasteiger partial charge in [0.1, 0.15) is 48.5 Å². The van der Waals surface area contributed by atoms with Gasteiger partial charge in [0.05, 0.1) is 0 Å². The first kappa shape index (κ1) is 35.6. The van der Waals surface area contributed by atoms with Gasteiger partial charge in [0.2, 0.25) is 6.29 Å². The molecule has 0 amide bonds. The third kappa shape index (κ3) is 7.92. The summed E-state index contributed by atoms with van der Waals surface area (Å²) in [6.45, 7) is -0.578. The minimum absolute atomic E-state index is 0.0377. The number of anilines is 1. The van der Waals surface area contributed by atoms with Gasteiger partial charge < -0.3 is 60.0 Å². The van der Waals surface area contributed by atoms with Crippen LogP contribution in [0, 0.1) is 0 Å². The number of aliphatic hydroxyl groups excluding tert-OH is 3. The number of aromatic hydroxyl groups is 2. The molecule has 264 valence electrons. The van der Waals surface area contributed by atoms with Crippen LogP contribution in [0.2, 0.25) is 0 Å². The number of fused-ring (bicyclic) bond motifs is 1. The quantitative estimate of drug-likeness (QED) is 0.115. The highest BCUT2D eigenvalue weighted by molar-refractivity contribution is 6.41. The summed E-state index contributed by atoms with van der Waals surface area (Å²) in [7, 11) is 0. The number of allylic oxidation sites excluding steroid dienone is 1. The molecular formula is C33H32N2O15. The number of carbonyl (C=O) groups excluding carboxylic acids is 1. The Morgan fingerprint density at radius 1 is 0.920 bits per heavy atom. The average Bonchev–Trinajstić information content (AvgIpc) is 3.43. The number of esters is 1. The fourth-order valence-electron chi connectivity index (χ4n) is 5.46. The number of phenolic OH excluding ortho intramolecular Hbond substituents is 2. The second kappa shape index (κ2) is 14.8. The Labute approximate surface area is 282 Å². The Hall–Kier alpha value is -5.75. The van der Waals surface area contributed by atoms with Crippen molar-refractivity contribution in [3.05, 3.63) is 77.5 Å². The van der Waals surface area contributed by atoms with Crippen LogP contribution in [0.5, 0.6) is 17.2 Å². The fourth-order valence-corrected chi connectivity index (χ4v) is 5.46. The van der Waals surface area contributed by atoms with E-state index in [1.165, 1.54) is 47.5 Å². The highest BCUT2D eigenvalue weighted by Crippen LogP contribution is 2.42. The summed E-state index contributed by atoms with van der Waals surface area (Å²) in [6.07, 6.45) is -2.44. The standard InChI is InChI=1S/C33H32N2O15/c36-18-4-1-15(2-5-18)3-6-26(38)48-14-25-27(39)28(40)29(41)33(50-25)49-24-13-21-17(12-23(24)37)11-22(32(46)47)35(21)8-7-16-9-19(30(42)43)34-20(10-16)31(44)45/h1-9,12-13,20,22,25,27-29,33,36-37,39-41H,10-11,14H2,(H,42,43)(H,44,45)(H,46,47)/b6-3+,8-7+/t20-,22+,25+,27+,28-,29+,33+/m0/s1. The lowest BCUT2D eigenvalue weighted by Gasteiger charge is -2.40. The molecule has 0 saturated carbocycles. The van der Waals surface area contributed by atoms with Gasteiger partial charge >= 0.3 is 23.9 Å². The number of carboxylic acid groups (broad SMARTS) is 3. The van der Waals surface area contributed by atoms with E-state index in [0.717, 1.165) is 12.2 Å². The molecule has 0 aliphatic carbocycles. The van der Waals surface area contributed by atoms with Gasteiger partial charge in [0, 0.05) is 36.9 Å². The molecule has 2 aromatic rings. The number of benzene rings is 2. The molecule has 17 nitrogen and oxygen atoms in total. The molecule has 8 N–H and O–H groups in total. The van der Waals surface area contributed by atoms with E-state index in [4.69, 9.17) is 14.2 Å². The van der Waals surface area contributed by atoms with Crippen molar-refractivity contribution in [1.82, 2.24) is 0 Å². The first-order valence-electron chi connectivity index (χ1n) is 15.0. The maximum Gasteiger partial charge on any atom is 0.354 e. The molecule has 0 spiro atoms. The van der Waals surface area contributed by atoms with Gasteiger partial charge in [-0.3, -0.25) is 4.99 Å². The number of aliphatic hydroxyl groups is 3. The monoisotopic (exact) mass is 696 g/mol. The Morgan fingerprint density at radius 3 is 2.30 bits per heavy atom. The average molecular weight is 697 g/mol. The second-order valence-corrected chi connectivity index (χ2v) is 11.5. The van der Waals surface area contributed by atoms with E-state index < -0.39 is 84.7 Å². The molecule has 17 heteroatoms. The summed E-state index contributed by atoms with van der Waals surface area (Å²) < 4.78 is 16.4. The van der Waals surface area contributed by atoms with Gasteiger partial charge in [-0.15, -0.1) is 0 Å². The number of aliphatic carboxylic acids is 3. The Balaban J connectivity index is 1.32. The molecule has 1 fully saturated rings. The Kier molecular flexibility index (Phi) is 10.5. The number of carbonyl (C=O) groups is 4. The van der Waals surface area contributed by atoms with E-state index in [2.05, 4.69) is 4.99 Å². The van der Waals surface area contributed by atoms with Crippen LogP contribution in [-0.4, -0.2) is 120 Å². The van der Waals surface area contributed by atoms with Crippen molar-refractivity contribution in [2.24, 2.45) is 4.99 Å². The van der Waals surface area contributed by atoms with E-state index >= 15 is 0 Å². The SMILES string of the molecule is O=C(/C=C/c1ccc(O)cc1)OC[C@H]1O[C@@H](Oc2cc3c(cc2O)C[C@H](C(=O)O)N3/C=C/C2=CC(C(=O)O)=N[C@H](C(=O)O)C2)[C@H](O)[C@@H](O)[C@@H]1O. The zero-order chi connectivity index (χ0) is 36.3. The number of hydrogen-bond donors (Lipinski definition) is 8. The van der Waals surface area contributed by atoms with E-state index in [1.807, 2.05) is 0 Å². The summed E-state index contributed by atoms with van der Waals surface area (Å²) in [5.74, 6) is -5.64. The molecule has 5 rings (SSSR count). The molecule has 7 atom stereocenters. The van der Waals surface area contributed by atoms with Gasteiger partial charge in [-0.05, 0) is 53.1 Å². The van der Waals surface area contributed by atoms with Gasteiger partial charge in [-0.2, -0.15) is 0 Å². The van der Waals surface area contributed by atoms with E-state index in [-0.39, 0.29) is 35.6 Å². The summed E-state index contributed by atoms with van der Waals surface area (Å²) in [5, 5.41) is 80.4. The van der Waals surface area contributed by atoms with Gasteiger partial charge in [-0.25, -0.2) is 19.2 Å². The first-order valence-corrected chi connectivity index (χ1v) is 15.0. The summed E-state index contributed by atoms with van der Waals surface area (Å²) >= 11 is 0. The number of nitrogens with zero attached hydrogens (tertiary/aromatic N) is 2. The molecule has 3 heterocycles. The number of carboxylic acids is 3. The fraction of sp³-hybridized carbons (Fsp3) is 0.303. The van der Waals surface area contributed by atoms with E-state index in [9.17, 15) is 60.0 Å². The molecule has 0 unspecified atom stereocenters. The van der Waals surface area contributed by atoms with Gasteiger partial charge in [0.15, 0.2) is 17.5 Å². The van der Waals surface area contributed by atoms with Crippen LogP contribution in [-0.2, 0) is 35.1 Å². The van der Waals surface area contributed by atoms with Gasteiger partial charge in [-0.1, -0.05) is 12.1 Å². The van der Waals surface area contributed by atoms with Crippen molar-refractivity contribution in [2.75, 3.05) is 11.5 Å². The number of aliphatic imine (C=N–C) groups is 1.